The molecule has 2 rings (SSSR count). The summed E-state index contributed by atoms with van der Waals surface area (Å²) >= 11 is 0. The molecule has 0 aliphatic heterocycles. The molecule has 2 heteroatoms. The zero-order valence-corrected chi connectivity index (χ0v) is 9.19. The zero-order chi connectivity index (χ0) is 10.7. The maximum Gasteiger partial charge on any atom is 0.118 e. The van der Waals surface area contributed by atoms with Crippen molar-refractivity contribution >= 4 is 0 Å². The Bertz CT molecular complexity index is 347. The van der Waals surface area contributed by atoms with Crippen molar-refractivity contribution in [3.8, 4) is 5.75 Å². The number of benzene rings is 1. The minimum Gasteiger partial charge on any atom is -0.505 e. The van der Waals surface area contributed by atoms with Crippen molar-refractivity contribution in [2.75, 3.05) is 14.2 Å². The van der Waals surface area contributed by atoms with E-state index >= 15 is 0 Å². The van der Waals surface area contributed by atoms with Crippen LogP contribution >= 0.6 is 0 Å². The third kappa shape index (κ3) is 1.99. The van der Waals surface area contributed by atoms with E-state index in [4.69, 9.17) is 9.47 Å². The van der Waals surface area contributed by atoms with Crippen molar-refractivity contribution < 1.29 is 9.47 Å². The molecule has 0 N–H and O–H groups in total. The van der Waals surface area contributed by atoms with E-state index in [0.717, 1.165) is 5.75 Å². The first-order valence-corrected chi connectivity index (χ1v) is 5.16. The number of rotatable bonds is 4. The zero-order valence-electron chi connectivity index (χ0n) is 9.19. The molecule has 1 aromatic carbocycles. The number of methoxy groups -OCH3 is 2. The molecule has 0 radical (unpaired) electrons. The molecule has 1 saturated carbocycles. The fourth-order valence-electron chi connectivity index (χ4n) is 1.81. The number of hydrogen-bond acceptors (Lipinski definition) is 2. The summed E-state index contributed by atoms with van der Waals surface area (Å²) in [5.74, 6) is 0.908. The Balaban J connectivity index is 2.18. The largest absolute Gasteiger partial charge is 0.505 e. The average molecular weight is 204 g/mol. The highest BCUT2D eigenvalue weighted by Gasteiger charge is 2.41. The fourth-order valence-corrected chi connectivity index (χ4v) is 1.81. The van der Waals surface area contributed by atoms with Gasteiger partial charge in [0.25, 0.3) is 0 Å². The first-order chi connectivity index (χ1) is 7.30. The molecular weight excluding hydrogens is 188 g/mol. The summed E-state index contributed by atoms with van der Waals surface area (Å²) in [7, 11) is 3.37. The van der Waals surface area contributed by atoms with E-state index in [9.17, 15) is 0 Å². The Morgan fingerprint density at radius 2 is 1.80 bits per heavy atom. The SMILES string of the molecule is COC=CC1(c2ccc(OC)cc2)CC1. The van der Waals surface area contributed by atoms with Crippen molar-refractivity contribution in [3.05, 3.63) is 42.2 Å². The lowest BCUT2D eigenvalue weighted by atomic mass is 9.96. The Hall–Kier alpha value is -1.44. The van der Waals surface area contributed by atoms with Gasteiger partial charge in [0.2, 0.25) is 0 Å². The second-order valence-electron chi connectivity index (χ2n) is 3.92. The molecule has 0 heterocycles. The predicted molar refractivity (Wildman–Crippen MR) is 60.1 cm³/mol. The van der Waals surface area contributed by atoms with Gasteiger partial charge in [-0.1, -0.05) is 12.1 Å². The van der Waals surface area contributed by atoms with Crippen molar-refractivity contribution in [1.29, 1.82) is 0 Å². The monoisotopic (exact) mass is 204 g/mol. The highest BCUT2D eigenvalue weighted by Crippen LogP contribution is 2.49. The summed E-state index contributed by atoms with van der Waals surface area (Å²) in [6.07, 6.45) is 6.34. The molecule has 0 atom stereocenters. The van der Waals surface area contributed by atoms with Crippen LogP contribution in [0.25, 0.3) is 0 Å². The van der Waals surface area contributed by atoms with E-state index in [1.54, 1.807) is 20.5 Å². The third-order valence-electron chi connectivity index (χ3n) is 2.98. The minimum atomic E-state index is 0.224. The minimum absolute atomic E-state index is 0.224. The van der Waals surface area contributed by atoms with Crippen LogP contribution in [0.3, 0.4) is 0 Å². The lowest BCUT2D eigenvalue weighted by Crippen LogP contribution is -2.01. The van der Waals surface area contributed by atoms with Gasteiger partial charge in [0, 0.05) is 5.41 Å². The molecule has 0 aromatic heterocycles. The molecular formula is C13H16O2. The van der Waals surface area contributed by atoms with Gasteiger partial charge in [-0.15, -0.1) is 0 Å². The predicted octanol–water partition coefficient (Wildman–Crippen LogP) is 2.89. The van der Waals surface area contributed by atoms with Crippen LogP contribution in [0.5, 0.6) is 5.75 Å². The Labute approximate surface area is 90.5 Å². The molecule has 15 heavy (non-hydrogen) atoms. The summed E-state index contributed by atoms with van der Waals surface area (Å²) < 4.78 is 10.1. The van der Waals surface area contributed by atoms with E-state index in [1.165, 1.54) is 18.4 Å². The Morgan fingerprint density at radius 1 is 1.13 bits per heavy atom. The summed E-state index contributed by atoms with van der Waals surface area (Å²) in [6, 6.07) is 8.28. The van der Waals surface area contributed by atoms with Crippen LogP contribution in [0, 0.1) is 0 Å². The molecule has 1 aromatic rings. The van der Waals surface area contributed by atoms with Crippen LogP contribution in [0.15, 0.2) is 36.6 Å². The molecule has 1 aliphatic rings. The van der Waals surface area contributed by atoms with Gasteiger partial charge in [-0.2, -0.15) is 0 Å². The average Bonchev–Trinajstić information content (AvgIpc) is 3.08. The van der Waals surface area contributed by atoms with Crippen LogP contribution < -0.4 is 4.74 Å². The highest BCUT2D eigenvalue weighted by atomic mass is 16.5. The quantitative estimate of drug-likeness (QED) is 0.702. The molecule has 0 saturated heterocycles. The number of ether oxygens (including phenoxy) is 2. The van der Waals surface area contributed by atoms with Gasteiger partial charge in [0.15, 0.2) is 0 Å². The number of allylic oxidation sites excluding steroid dienone is 1. The van der Waals surface area contributed by atoms with Crippen LogP contribution in [-0.2, 0) is 10.2 Å². The van der Waals surface area contributed by atoms with E-state index in [0.29, 0.717) is 0 Å². The summed E-state index contributed by atoms with van der Waals surface area (Å²) in [6.45, 7) is 0. The van der Waals surface area contributed by atoms with E-state index in [2.05, 4.69) is 18.2 Å². The van der Waals surface area contributed by atoms with Gasteiger partial charge in [0.05, 0.1) is 20.5 Å². The highest BCUT2D eigenvalue weighted by molar-refractivity contribution is 5.39. The van der Waals surface area contributed by atoms with Gasteiger partial charge in [-0.05, 0) is 36.6 Å². The van der Waals surface area contributed by atoms with Crippen LogP contribution in [0.4, 0.5) is 0 Å². The molecule has 0 spiro atoms. The van der Waals surface area contributed by atoms with Crippen molar-refractivity contribution in [2.45, 2.75) is 18.3 Å². The standard InChI is InChI=1S/C13H16O2/c1-14-10-9-13(7-8-13)11-3-5-12(15-2)6-4-11/h3-6,9-10H,7-8H2,1-2H3. The van der Waals surface area contributed by atoms with Crippen LogP contribution in [0.1, 0.15) is 18.4 Å². The first-order valence-electron chi connectivity index (χ1n) is 5.16. The van der Waals surface area contributed by atoms with E-state index < -0.39 is 0 Å². The molecule has 0 amide bonds. The van der Waals surface area contributed by atoms with Gasteiger partial charge in [-0.25, -0.2) is 0 Å². The number of hydrogen-bond donors (Lipinski definition) is 0. The first kappa shape index (κ1) is 10.1. The second kappa shape index (κ2) is 3.97. The second-order valence-corrected chi connectivity index (χ2v) is 3.92. The van der Waals surface area contributed by atoms with Gasteiger partial charge >= 0.3 is 0 Å². The third-order valence-corrected chi connectivity index (χ3v) is 2.98. The topological polar surface area (TPSA) is 18.5 Å². The molecule has 0 unspecified atom stereocenters. The summed E-state index contributed by atoms with van der Waals surface area (Å²) in [5, 5.41) is 0. The van der Waals surface area contributed by atoms with Gasteiger partial charge in [0.1, 0.15) is 5.75 Å². The van der Waals surface area contributed by atoms with Gasteiger partial charge < -0.3 is 9.47 Å². The van der Waals surface area contributed by atoms with Crippen molar-refractivity contribution in [1.82, 2.24) is 0 Å². The molecule has 1 fully saturated rings. The fraction of sp³-hybridized carbons (Fsp3) is 0.385. The Morgan fingerprint density at radius 3 is 2.27 bits per heavy atom. The van der Waals surface area contributed by atoms with Crippen molar-refractivity contribution in [3.63, 3.8) is 0 Å². The lowest BCUT2D eigenvalue weighted by molar-refractivity contribution is 0.335. The Kier molecular flexibility index (Phi) is 2.67. The maximum atomic E-state index is 5.14. The molecule has 0 bridgehead atoms. The summed E-state index contributed by atoms with van der Waals surface area (Å²) in [5.41, 5.74) is 1.57. The van der Waals surface area contributed by atoms with Crippen molar-refractivity contribution in [2.24, 2.45) is 0 Å². The molecule has 80 valence electrons. The normalized spacial score (nSPS) is 17.7. The summed E-state index contributed by atoms with van der Waals surface area (Å²) in [4.78, 5) is 0. The molecule has 1 aliphatic carbocycles. The lowest BCUT2D eigenvalue weighted by Gasteiger charge is -2.10. The maximum absolute atomic E-state index is 5.14. The molecule has 2 nitrogen and oxygen atoms in total. The van der Waals surface area contributed by atoms with Gasteiger partial charge in [-0.3, -0.25) is 0 Å². The van der Waals surface area contributed by atoms with Crippen LogP contribution in [0.2, 0.25) is 0 Å². The van der Waals surface area contributed by atoms with Crippen LogP contribution in [-0.4, -0.2) is 14.2 Å². The smallest absolute Gasteiger partial charge is 0.118 e. The van der Waals surface area contributed by atoms with E-state index in [-0.39, 0.29) is 5.41 Å². The van der Waals surface area contributed by atoms with E-state index in [1.807, 2.05) is 12.1 Å².